The van der Waals surface area contributed by atoms with E-state index in [9.17, 15) is 9.59 Å². The first-order valence-corrected chi connectivity index (χ1v) is 12.9. The summed E-state index contributed by atoms with van der Waals surface area (Å²) in [6.07, 6.45) is 2.39. The van der Waals surface area contributed by atoms with Crippen LogP contribution in [0, 0.1) is 0 Å². The topological polar surface area (TPSA) is 76.9 Å². The number of carbonyl (C=O) groups is 1. The fraction of sp³-hybridized carbons (Fsp3) is 0.0769. The first-order valence-electron chi connectivity index (χ1n) is 10.8. The maximum absolute atomic E-state index is 13.3. The summed E-state index contributed by atoms with van der Waals surface area (Å²) < 4.78 is 1.55. The second-order valence-electron chi connectivity index (χ2n) is 7.62. The molecule has 0 bridgehead atoms. The molecule has 0 spiro atoms. The number of benzene rings is 3. The molecule has 0 saturated carbocycles. The van der Waals surface area contributed by atoms with Crippen LogP contribution in [0.5, 0.6) is 0 Å². The minimum atomic E-state index is -0.226. The Labute approximate surface area is 214 Å². The molecule has 0 aliphatic rings. The summed E-state index contributed by atoms with van der Waals surface area (Å²) in [6.45, 7) is 0. The summed E-state index contributed by atoms with van der Waals surface area (Å²) >= 11 is 8.87. The molecule has 0 aliphatic carbocycles. The van der Waals surface area contributed by atoms with Crippen molar-refractivity contribution in [1.82, 2.24) is 14.5 Å². The lowest BCUT2D eigenvalue weighted by Gasteiger charge is -2.13. The number of nitrogens with zero attached hydrogens (tertiary/aromatic N) is 3. The molecule has 174 valence electrons. The summed E-state index contributed by atoms with van der Waals surface area (Å²) in [5.74, 6) is -0.146. The Balaban J connectivity index is 1.33. The van der Waals surface area contributed by atoms with Crippen molar-refractivity contribution in [3.8, 4) is 5.69 Å². The molecule has 5 aromatic rings. The molecule has 0 aliphatic heterocycles. The number of rotatable bonds is 7. The van der Waals surface area contributed by atoms with E-state index in [1.54, 1.807) is 22.9 Å². The Morgan fingerprint density at radius 3 is 2.57 bits per heavy atom. The van der Waals surface area contributed by atoms with E-state index in [-0.39, 0.29) is 17.2 Å². The van der Waals surface area contributed by atoms with Gasteiger partial charge in [-0.3, -0.25) is 14.2 Å². The number of nitrogens with one attached hydrogen (secondary N) is 1. The number of fused-ring (bicyclic) bond motifs is 1. The highest BCUT2D eigenvalue weighted by Crippen LogP contribution is 2.26. The van der Waals surface area contributed by atoms with E-state index in [1.165, 1.54) is 23.1 Å². The molecular formula is C26H19ClN4O2S2. The van der Waals surface area contributed by atoms with Crippen LogP contribution in [0.4, 0.5) is 5.13 Å². The Morgan fingerprint density at radius 1 is 1.00 bits per heavy atom. The largest absolute Gasteiger partial charge is 0.301 e. The summed E-state index contributed by atoms with van der Waals surface area (Å²) in [4.78, 5) is 35.9. The number of para-hydroxylation sites is 2. The summed E-state index contributed by atoms with van der Waals surface area (Å²) in [5, 5.41) is 5.04. The van der Waals surface area contributed by atoms with Gasteiger partial charge in [-0.15, -0.1) is 11.3 Å². The molecule has 9 heteroatoms. The van der Waals surface area contributed by atoms with Gasteiger partial charge in [0.1, 0.15) is 0 Å². The number of thioether (sulfide) groups is 1. The minimum absolute atomic E-state index is 0.0804. The molecule has 0 saturated heterocycles. The molecule has 1 amide bonds. The quantitative estimate of drug-likeness (QED) is 0.217. The second-order valence-corrected chi connectivity index (χ2v) is 10.1. The van der Waals surface area contributed by atoms with Crippen LogP contribution in [-0.2, 0) is 11.2 Å². The van der Waals surface area contributed by atoms with Crippen molar-refractivity contribution in [3.63, 3.8) is 0 Å². The molecular weight excluding hydrogens is 500 g/mol. The predicted molar refractivity (Wildman–Crippen MR) is 143 cm³/mol. The molecule has 2 heterocycles. The molecule has 2 aromatic heterocycles. The van der Waals surface area contributed by atoms with Gasteiger partial charge in [0.25, 0.3) is 5.56 Å². The van der Waals surface area contributed by atoms with Crippen molar-refractivity contribution < 1.29 is 4.79 Å². The molecule has 35 heavy (non-hydrogen) atoms. The van der Waals surface area contributed by atoms with Crippen LogP contribution >= 0.6 is 34.7 Å². The van der Waals surface area contributed by atoms with Crippen LogP contribution < -0.4 is 10.9 Å². The van der Waals surface area contributed by atoms with Crippen LogP contribution in [0.3, 0.4) is 0 Å². The monoisotopic (exact) mass is 518 g/mol. The van der Waals surface area contributed by atoms with Crippen molar-refractivity contribution in [3.05, 3.63) is 111 Å². The van der Waals surface area contributed by atoms with Crippen LogP contribution in [0.25, 0.3) is 16.6 Å². The van der Waals surface area contributed by atoms with E-state index in [2.05, 4.69) is 15.3 Å². The minimum Gasteiger partial charge on any atom is -0.301 e. The molecule has 0 atom stereocenters. The molecule has 5 rings (SSSR count). The highest BCUT2D eigenvalue weighted by atomic mass is 35.5. The average Bonchev–Trinajstić information content (AvgIpc) is 3.31. The van der Waals surface area contributed by atoms with Gasteiger partial charge in [0.05, 0.1) is 22.3 Å². The highest BCUT2D eigenvalue weighted by Gasteiger charge is 2.15. The van der Waals surface area contributed by atoms with Crippen LogP contribution in [0.1, 0.15) is 10.4 Å². The SMILES string of the molecule is O=C(CSc1nc2ccccc2c(=O)n1-c1ccccc1)Nc1ncc(Cc2ccccc2Cl)s1. The Morgan fingerprint density at radius 2 is 1.74 bits per heavy atom. The summed E-state index contributed by atoms with van der Waals surface area (Å²) in [5.41, 5.74) is 2.13. The van der Waals surface area contributed by atoms with Crippen molar-refractivity contribution in [2.24, 2.45) is 0 Å². The summed E-state index contributed by atoms with van der Waals surface area (Å²) in [7, 11) is 0. The molecule has 0 unspecified atom stereocenters. The molecule has 1 N–H and O–H groups in total. The lowest BCUT2D eigenvalue weighted by Crippen LogP contribution is -2.22. The fourth-order valence-electron chi connectivity index (χ4n) is 3.58. The third-order valence-electron chi connectivity index (χ3n) is 5.21. The molecule has 6 nitrogen and oxygen atoms in total. The van der Waals surface area contributed by atoms with Gasteiger partial charge in [-0.05, 0) is 35.9 Å². The predicted octanol–water partition coefficient (Wildman–Crippen LogP) is 5.82. The van der Waals surface area contributed by atoms with Gasteiger partial charge in [-0.25, -0.2) is 9.97 Å². The van der Waals surface area contributed by atoms with Crippen molar-refractivity contribution in [2.75, 3.05) is 11.1 Å². The van der Waals surface area contributed by atoms with Crippen LogP contribution in [-0.4, -0.2) is 26.2 Å². The lowest BCUT2D eigenvalue weighted by molar-refractivity contribution is -0.113. The number of aromatic nitrogens is 3. The number of anilines is 1. The average molecular weight is 519 g/mol. The van der Waals surface area contributed by atoms with Gasteiger partial charge in [0.2, 0.25) is 5.91 Å². The number of halogens is 1. The maximum atomic E-state index is 13.3. The standard InChI is InChI=1S/C26H19ClN4O2S2/c27-21-12-6-4-8-17(21)14-19-15-28-25(35-19)30-23(32)16-34-26-29-22-13-7-5-11-20(22)24(33)31(26)18-9-2-1-3-10-18/h1-13,15H,14,16H2,(H,28,30,32). The molecule has 3 aromatic carbocycles. The van der Waals surface area contributed by atoms with E-state index >= 15 is 0 Å². The van der Waals surface area contributed by atoms with E-state index in [1.807, 2.05) is 66.7 Å². The number of amides is 1. The Kier molecular flexibility index (Phi) is 6.94. The van der Waals surface area contributed by atoms with Gasteiger partial charge in [0, 0.05) is 22.5 Å². The molecule has 0 radical (unpaired) electrons. The molecule has 0 fully saturated rings. The van der Waals surface area contributed by atoms with Crippen LogP contribution in [0.15, 0.2) is 95.0 Å². The van der Waals surface area contributed by atoms with E-state index in [4.69, 9.17) is 11.6 Å². The Hall–Kier alpha value is -3.46. The normalized spacial score (nSPS) is 11.0. The van der Waals surface area contributed by atoms with Crippen molar-refractivity contribution in [1.29, 1.82) is 0 Å². The fourth-order valence-corrected chi connectivity index (χ4v) is 5.44. The number of thiazole rings is 1. The first-order chi connectivity index (χ1) is 17.1. The second kappa shape index (κ2) is 10.4. The van der Waals surface area contributed by atoms with Gasteiger partial charge < -0.3 is 5.32 Å². The van der Waals surface area contributed by atoms with Gasteiger partial charge >= 0.3 is 0 Å². The third-order valence-corrected chi connectivity index (χ3v) is 7.43. The zero-order valence-electron chi connectivity index (χ0n) is 18.3. The third kappa shape index (κ3) is 5.30. The number of carbonyl (C=O) groups excluding carboxylic acids is 1. The number of hydrogen-bond donors (Lipinski definition) is 1. The van der Waals surface area contributed by atoms with Crippen molar-refractivity contribution in [2.45, 2.75) is 11.6 Å². The van der Waals surface area contributed by atoms with Crippen LogP contribution in [0.2, 0.25) is 5.02 Å². The van der Waals surface area contributed by atoms with E-state index < -0.39 is 0 Å². The first kappa shape index (κ1) is 23.3. The number of hydrogen-bond acceptors (Lipinski definition) is 6. The van der Waals surface area contributed by atoms with Crippen molar-refractivity contribution >= 4 is 56.6 Å². The Bertz CT molecular complexity index is 1570. The summed E-state index contributed by atoms with van der Waals surface area (Å²) in [6, 6.07) is 24.2. The zero-order chi connectivity index (χ0) is 24.2. The maximum Gasteiger partial charge on any atom is 0.266 e. The lowest BCUT2D eigenvalue weighted by atomic mass is 10.1. The van der Waals surface area contributed by atoms with E-state index in [0.717, 1.165) is 10.4 Å². The zero-order valence-corrected chi connectivity index (χ0v) is 20.7. The van der Waals surface area contributed by atoms with Gasteiger partial charge in [-0.2, -0.15) is 0 Å². The smallest absolute Gasteiger partial charge is 0.266 e. The highest BCUT2D eigenvalue weighted by molar-refractivity contribution is 7.99. The van der Waals surface area contributed by atoms with E-state index in [0.29, 0.717) is 38.3 Å². The van der Waals surface area contributed by atoms with Gasteiger partial charge in [-0.1, -0.05) is 71.9 Å². The van der Waals surface area contributed by atoms with Gasteiger partial charge in [0.15, 0.2) is 10.3 Å².